The van der Waals surface area contributed by atoms with Crippen LogP contribution in [0.1, 0.15) is 18.1 Å². The second-order valence-electron chi connectivity index (χ2n) is 6.16. The monoisotopic (exact) mass is 313 g/mol. The third-order valence-electron chi connectivity index (χ3n) is 4.01. The zero-order valence-electron chi connectivity index (χ0n) is 14.5. The summed E-state index contributed by atoms with van der Waals surface area (Å²) < 4.78 is 20.0. The Balaban J connectivity index is 2.27. The van der Waals surface area contributed by atoms with E-state index < -0.39 is 0 Å². The molecule has 0 spiro atoms. The van der Waals surface area contributed by atoms with Crippen LogP contribution in [-0.4, -0.2) is 39.1 Å². The molecular formula is C19H25BFNO. The van der Waals surface area contributed by atoms with Gasteiger partial charge >= 0.3 is 6.92 Å². The minimum atomic E-state index is -0.240. The van der Waals surface area contributed by atoms with Crippen molar-refractivity contribution in [2.45, 2.75) is 20.3 Å². The number of aryl methyl sites for hydroxylation is 2. The van der Waals surface area contributed by atoms with Crippen molar-refractivity contribution in [3.05, 3.63) is 59.4 Å². The topological polar surface area (TPSA) is 12.5 Å². The maximum Gasteiger partial charge on any atom is 0.361 e. The maximum absolute atomic E-state index is 14.0. The van der Waals surface area contributed by atoms with Crippen LogP contribution in [-0.2, 0) is 11.1 Å². The second-order valence-corrected chi connectivity index (χ2v) is 6.16. The van der Waals surface area contributed by atoms with E-state index >= 15 is 0 Å². The van der Waals surface area contributed by atoms with Gasteiger partial charge in [-0.25, -0.2) is 4.39 Å². The van der Waals surface area contributed by atoms with Gasteiger partial charge in [0.15, 0.2) is 0 Å². The fourth-order valence-electron chi connectivity index (χ4n) is 2.44. The Morgan fingerprint density at radius 3 is 2.26 bits per heavy atom. The van der Waals surface area contributed by atoms with E-state index in [0.29, 0.717) is 12.2 Å². The molecule has 122 valence electrons. The standard InChI is InChI=1S/C19H25BFNO/c1-5-16-7-10-17(11-8-16)20(23-13-12-22(3)4)18-9-6-15(2)19(21)14-18/h6-11,14H,5,12-13H2,1-4H3. The lowest BCUT2D eigenvalue weighted by Gasteiger charge is -2.18. The quantitative estimate of drug-likeness (QED) is 0.728. The molecule has 0 atom stereocenters. The van der Waals surface area contributed by atoms with Crippen molar-refractivity contribution in [2.24, 2.45) is 0 Å². The van der Waals surface area contributed by atoms with E-state index in [4.69, 9.17) is 4.65 Å². The van der Waals surface area contributed by atoms with Gasteiger partial charge in [-0.2, -0.15) is 0 Å². The first-order valence-corrected chi connectivity index (χ1v) is 8.12. The highest BCUT2D eigenvalue weighted by atomic mass is 19.1. The molecule has 4 heteroatoms. The summed E-state index contributed by atoms with van der Waals surface area (Å²) in [4.78, 5) is 2.08. The van der Waals surface area contributed by atoms with Crippen LogP contribution in [0.5, 0.6) is 0 Å². The summed E-state index contributed by atoms with van der Waals surface area (Å²) in [6, 6.07) is 13.7. The average Bonchev–Trinajstić information content (AvgIpc) is 2.54. The summed E-state index contributed by atoms with van der Waals surface area (Å²) in [5.74, 6) is -0.186. The SMILES string of the molecule is CCc1ccc(B(OCCN(C)C)c2ccc(C)c(F)c2)cc1. The molecule has 0 aliphatic carbocycles. The van der Waals surface area contributed by atoms with E-state index in [9.17, 15) is 4.39 Å². The van der Waals surface area contributed by atoms with Gasteiger partial charge in [-0.15, -0.1) is 0 Å². The molecule has 0 heterocycles. The number of halogens is 1. The lowest BCUT2D eigenvalue weighted by Crippen LogP contribution is -2.46. The fourth-order valence-corrected chi connectivity index (χ4v) is 2.44. The number of rotatable bonds is 7. The molecular weight excluding hydrogens is 288 g/mol. The fraction of sp³-hybridized carbons (Fsp3) is 0.368. The summed E-state index contributed by atoms with van der Waals surface area (Å²) in [7, 11) is 4.03. The Kier molecular flexibility index (Phi) is 6.37. The molecule has 0 aliphatic heterocycles. The van der Waals surface area contributed by atoms with Crippen LogP contribution < -0.4 is 10.9 Å². The molecule has 0 unspecified atom stereocenters. The number of hydrogen-bond acceptors (Lipinski definition) is 2. The van der Waals surface area contributed by atoms with Gasteiger partial charge in [-0.05, 0) is 55.6 Å². The molecule has 0 saturated carbocycles. The second kappa shape index (κ2) is 8.28. The van der Waals surface area contributed by atoms with Crippen molar-refractivity contribution in [3.63, 3.8) is 0 Å². The number of likely N-dealkylation sites (N-methyl/N-ethyl adjacent to an activating group) is 1. The molecule has 0 radical (unpaired) electrons. The van der Waals surface area contributed by atoms with E-state index in [1.165, 1.54) is 5.56 Å². The Morgan fingerprint density at radius 1 is 1.04 bits per heavy atom. The molecule has 0 aliphatic rings. The van der Waals surface area contributed by atoms with Gasteiger partial charge < -0.3 is 9.55 Å². The third-order valence-corrected chi connectivity index (χ3v) is 4.01. The van der Waals surface area contributed by atoms with Crippen molar-refractivity contribution in [3.8, 4) is 0 Å². The van der Waals surface area contributed by atoms with Crippen molar-refractivity contribution in [1.29, 1.82) is 0 Å². The van der Waals surface area contributed by atoms with Gasteiger partial charge in [0.2, 0.25) is 0 Å². The molecule has 0 aromatic heterocycles. The zero-order valence-corrected chi connectivity index (χ0v) is 14.5. The van der Waals surface area contributed by atoms with Crippen LogP contribution in [0.2, 0.25) is 0 Å². The highest BCUT2D eigenvalue weighted by molar-refractivity contribution is 6.80. The molecule has 2 aromatic rings. The van der Waals surface area contributed by atoms with Gasteiger partial charge in [0.1, 0.15) is 5.82 Å². The van der Waals surface area contributed by atoms with Crippen molar-refractivity contribution >= 4 is 17.8 Å². The maximum atomic E-state index is 14.0. The Labute approximate surface area is 139 Å². The van der Waals surface area contributed by atoms with E-state index in [0.717, 1.165) is 23.9 Å². The summed E-state index contributed by atoms with van der Waals surface area (Å²) in [5, 5.41) is 0. The van der Waals surface area contributed by atoms with E-state index in [1.54, 1.807) is 13.0 Å². The molecule has 23 heavy (non-hydrogen) atoms. The Bertz CT molecular complexity index is 628. The van der Waals surface area contributed by atoms with Gasteiger partial charge in [0.25, 0.3) is 0 Å². The number of benzene rings is 2. The first kappa shape index (κ1) is 17.7. The van der Waals surface area contributed by atoms with Gasteiger partial charge in [-0.1, -0.05) is 43.3 Å². The highest BCUT2D eigenvalue weighted by Gasteiger charge is 2.22. The largest absolute Gasteiger partial charge is 0.426 e. The predicted octanol–water partition coefficient (Wildman–Crippen LogP) is 2.38. The van der Waals surface area contributed by atoms with Crippen molar-refractivity contribution < 1.29 is 9.04 Å². The molecule has 2 rings (SSSR count). The minimum Gasteiger partial charge on any atom is -0.426 e. The molecule has 0 amide bonds. The van der Waals surface area contributed by atoms with Gasteiger partial charge in [0.05, 0.1) is 0 Å². The van der Waals surface area contributed by atoms with Crippen LogP contribution in [0.25, 0.3) is 0 Å². The molecule has 0 bridgehead atoms. The van der Waals surface area contributed by atoms with Gasteiger partial charge in [0, 0.05) is 13.2 Å². The zero-order chi connectivity index (χ0) is 16.8. The van der Waals surface area contributed by atoms with E-state index in [-0.39, 0.29) is 12.7 Å². The van der Waals surface area contributed by atoms with Crippen LogP contribution >= 0.6 is 0 Å². The summed E-state index contributed by atoms with van der Waals surface area (Å²) >= 11 is 0. The van der Waals surface area contributed by atoms with Crippen molar-refractivity contribution in [2.75, 3.05) is 27.2 Å². The van der Waals surface area contributed by atoms with Crippen LogP contribution in [0.15, 0.2) is 42.5 Å². The first-order chi connectivity index (χ1) is 11.0. The van der Waals surface area contributed by atoms with Crippen LogP contribution in [0, 0.1) is 12.7 Å². The van der Waals surface area contributed by atoms with Crippen LogP contribution in [0.3, 0.4) is 0 Å². The molecule has 0 N–H and O–H groups in total. The summed E-state index contributed by atoms with van der Waals surface area (Å²) in [6.45, 7) is 5.10. The summed E-state index contributed by atoms with van der Waals surface area (Å²) in [6.07, 6.45) is 1.01. The normalized spacial score (nSPS) is 11.0. The Morgan fingerprint density at radius 2 is 1.70 bits per heavy atom. The van der Waals surface area contributed by atoms with E-state index in [2.05, 4.69) is 36.1 Å². The third kappa shape index (κ3) is 4.91. The smallest absolute Gasteiger partial charge is 0.361 e. The minimum absolute atomic E-state index is 0.186. The van der Waals surface area contributed by atoms with Gasteiger partial charge in [-0.3, -0.25) is 0 Å². The number of hydrogen-bond donors (Lipinski definition) is 0. The predicted molar refractivity (Wildman–Crippen MR) is 96.5 cm³/mol. The summed E-state index contributed by atoms with van der Waals surface area (Å²) in [5.41, 5.74) is 3.86. The Hall–Kier alpha value is -1.65. The molecule has 2 aromatic carbocycles. The average molecular weight is 313 g/mol. The highest BCUT2D eigenvalue weighted by Crippen LogP contribution is 2.05. The first-order valence-electron chi connectivity index (χ1n) is 8.12. The molecule has 0 fully saturated rings. The lowest BCUT2D eigenvalue weighted by atomic mass is 9.55. The number of nitrogens with zero attached hydrogens (tertiary/aromatic N) is 1. The van der Waals surface area contributed by atoms with E-state index in [1.807, 2.05) is 26.2 Å². The molecule has 2 nitrogen and oxygen atoms in total. The van der Waals surface area contributed by atoms with Crippen molar-refractivity contribution in [1.82, 2.24) is 4.90 Å². The molecule has 0 saturated heterocycles. The van der Waals surface area contributed by atoms with Crippen LogP contribution in [0.4, 0.5) is 4.39 Å². The lowest BCUT2D eigenvalue weighted by molar-refractivity contribution is 0.269.